The number of likely N-dealkylation sites (tertiary alicyclic amines) is 1. The number of nitrogens with one attached hydrogen (secondary N) is 2. The molecule has 0 radical (unpaired) electrons. The molecule has 0 unspecified atom stereocenters. The van der Waals surface area contributed by atoms with Crippen molar-refractivity contribution >= 4 is 6.03 Å². The number of hydrogen-bond acceptors (Lipinski definition) is 3. The number of carbonyl (C=O) groups is 1. The highest BCUT2D eigenvalue weighted by atomic mass is 16.3. The van der Waals surface area contributed by atoms with Crippen LogP contribution in [0.3, 0.4) is 0 Å². The first kappa shape index (κ1) is 15.6. The first-order valence-electron chi connectivity index (χ1n) is 7.72. The molecule has 0 aliphatic carbocycles. The number of benzene rings is 1. The third kappa shape index (κ3) is 5.27. The molecule has 116 valence electrons. The maximum absolute atomic E-state index is 11.9. The highest BCUT2D eigenvalue weighted by Crippen LogP contribution is 2.11. The van der Waals surface area contributed by atoms with Crippen LogP contribution >= 0.6 is 0 Å². The van der Waals surface area contributed by atoms with E-state index in [2.05, 4.69) is 22.5 Å². The Morgan fingerprint density at radius 1 is 1.48 bits per heavy atom. The van der Waals surface area contributed by atoms with Gasteiger partial charge in [0.25, 0.3) is 0 Å². The van der Waals surface area contributed by atoms with Crippen molar-refractivity contribution in [3.63, 3.8) is 0 Å². The number of hydrogen-bond donors (Lipinski definition) is 3. The van der Waals surface area contributed by atoms with Crippen LogP contribution in [0, 0.1) is 0 Å². The van der Waals surface area contributed by atoms with E-state index in [9.17, 15) is 9.90 Å². The van der Waals surface area contributed by atoms with Crippen LogP contribution in [-0.2, 0) is 6.42 Å². The van der Waals surface area contributed by atoms with Gasteiger partial charge in [0.2, 0.25) is 0 Å². The normalized spacial score (nSPS) is 19.2. The molecule has 0 bridgehead atoms. The van der Waals surface area contributed by atoms with Gasteiger partial charge in [-0.1, -0.05) is 19.1 Å². The largest absolute Gasteiger partial charge is 0.508 e. The van der Waals surface area contributed by atoms with Gasteiger partial charge < -0.3 is 20.6 Å². The van der Waals surface area contributed by atoms with Crippen molar-refractivity contribution in [3.8, 4) is 5.75 Å². The third-order valence-electron chi connectivity index (χ3n) is 3.90. The smallest absolute Gasteiger partial charge is 0.315 e. The maximum Gasteiger partial charge on any atom is 0.315 e. The zero-order valence-electron chi connectivity index (χ0n) is 12.6. The number of nitrogens with zero attached hydrogens (tertiary/aromatic N) is 1. The summed E-state index contributed by atoms with van der Waals surface area (Å²) in [5.74, 6) is 0.263. The molecule has 1 fully saturated rings. The molecule has 1 aromatic carbocycles. The number of amides is 2. The third-order valence-corrected chi connectivity index (χ3v) is 3.90. The van der Waals surface area contributed by atoms with Crippen molar-refractivity contribution in [2.75, 3.05) is 26.2 Å². The predicted molar refractivity (Wildman–Crippen MR) is 83.5 cm³/mol. The number of phenols is 1. The molecule has 2 rings (SSSR count). The van der Waals surface area contributed by atoms with Crippen molar-refractivity contribution in [2.45, 2.75) is 32.2 Å². The van der Waals surface area contributed by atoms with Gasteiger partial charge in [0.1, 0.15) is 5.75 Å². The minimum atomic E-state index is -0.0990. The lowest BCUT2D eigenvalue weighted by molar-refractivity contribution is 0.192. The molecule has 1 atom stereocenters. The van der Waals surface area contributed by atoms with Crippen LogP contribution < -0.4 is 10.6 Å². The molecule has 1 aliphatic heterocycles. The molecule has 5 heteroatoms. The Kier molecular flexibility index (Phi) is 5.87. The van der Waals surface area contributed by atoms with Crippen LogP contribution in [0.5, 0.6) is 5.75 Å². The zero-order chi connectivity index (χ0) is 15.1. The number of likely N-dealkylation sites (N-methyl/N-ethyl adjacent to an activating group) is 1. The van der Waals surface area contributed by atoms with Crippen LogP contribution in [0.4, 0.5) is 4.79 Å². The summed E-state index contributed by atoms with van der Waals surface area (Å²) in [6.07, 6.45) is 2.91. The van der Waals surface area contributed by atoms with Crippen molar-refractivity contribution < 1.29 is 9.90 Å². The van der Waals surface area contributed by atoms with Gasteiger partial charge in [0.15, 0.2) is 0 Å². The van der Waals surface area contributed by atoms with Crippen molar-refractivity contribution in [3.05, 3.63) is 29.8 Å². The zero-order valence-corrected chi connectivity index (χ0v) is 12.6. The summed E-state index contributed by atoms with van der Waals surface area (Å²) in [7, 11) is 0. The standard InChI is InChI=1S/C16H25N3O2/c1-2-19-10-4-6-14(12-19)18-16(21)17-9-8-13-5-3-7-15(20)11-13/h3,5,7,11,14,20H,2,4,6,8-10,12H2,1H3,(H2,17,18,21)/t14-/m1/s1. The second-order valence-corrected chi connectivity index (χ2v) is 5.55. The number of rotatable bonds is 5. The van der Waals surface area contributed by atoms with E-state index in [1.54, 1.807) is 12.1 Å². The van der Waals surface area contributed by atoms with Gasteiger partial charge in [-0.25, -0.2) is 4.79 Å². The lowest BCUT2D eigenvalue weighted by Crippen LogP contribution is -2.50. The molecule has 1 aromatic rings. The summed E-state index contributed by atoms with van der Waals surface area (Å²) in [5.41, 5.74) is 1.02. The first-order chi connectivity index (χ1) is 10.2. The second-order valence-electron chi connectivity index (χ2n) is 5.55. The van der Waals surface area contributed by atoms with Crippen LogP contribution in [-0.4, -0.2) is 48.3 Å². The molecule has 0 saturated carbocycles. The summed E-state index contributed by atoms with van der Waals surface area (Å²) in [4.78, 5) is 14.2. The van der Waals surface area contributed by atoms with Crippen LogP contribution in [0.2, 0.25) is 0 Å². The molecule has 3 N–H and O–H groups in total. The SMILES string of the molecule is CCN1CCC[C@@H](NC(=O)NCCc2cccc(O)c2)C1. The van der Waals surface area contributed by atoms with E-state index in [0.29, 0.717) is 13.0 Å². The van der Waals surface area contributed by atoms with Gasteiger partial charge >= 0.3 is 6.03 Å². The Morgan fingerprint density at radius 2 is 2.33 bits per heavy atom. The number of phenolic OH excluding ortho intramolecular Hbond substituents is 1. The fourth-order valence-electron chi connectivity index (χ4n) is 2.73. The monoisotopic (exact) mass is 291 g/mol. The Balaban J connectivity index is 1.67. The average Bonchev–Trinajstić information content (AvgIpc) is 2.47. The van der Waals surface area contributed by atoms with E-state index < -0.39 is 0 Å². The Hall–Kier alpha value is -1.75. The van der Waals surface area contributed by atoms with E-state index >= 15 is 0 Å². The Labute approximate surface area is 126 Å². The fraction of sp³-hybridized carbons (Fsp3) is 0.562. The van der Waals surface area contributed by atoms with E-state index in [0.717, 1.165) is 38.0 Å². The van der Waals surface area contributed by atoms with Gasteiger partial charge in [-0.2, -0.15) is 0 Å². The van der Waals surface area contributed by atoms with E-state index in [-0.39, 0.29) is 17.8 Å². The summed E-state index contributed by atoms with van der Waals surface area (Å²) >= 11 is 0. The average molecular weight is 291 g/mol. The number of urea groups is 1. The van der Waals surface area contributed by atoms with Crippen molar-refractivity contribution in [1.29, 1.82) is 0 Å². The molecule has 0 aromatic heterocycles. The molecule has 1 heterocycles. The van der Waals surface area contributed by atoms with E-state index in [1.807, 2.05) is 12.1 Å². The maximum atomic E-state index is 11.9. The quantitative estimate of drug-likeness (QED) is 0.774. The first-order valence-corrected chi connectivity index (χ1v) is 7.72. The van der Waals surface area contributed by atoms with E-state index in [4.69, 9.17) is 0 Å². The molecule has 2 amide bonds. The van der Waals surface area contributed by atoms with Crippen molar-refractivity contribution in [1.82, 2.24) is 15.5 Å². The van der Waals surface area contributed by atoms with Crippen LogP contribution in [0.1, 0.15) is 25.3 Å². The Morgan fingerprint density at radius 3 is 3.10 bits per heavy atom. The van der Waals surface area contributed by atoms with Gasteiger partial charge in [0.05, 0.1) is 0 Å². The predicted octanol–water partition coefficient (Wildman–Crippen LogP) is 1.72. The van der Waals surface area contributed by atoms with Gasteiger partial charge in [0, 0.05) is 19.1 Å². The molecule has 5 nitrogen and oxygen atoms in total. The van der Waals surface area contributed by atoms with E-state index in [1.165, 1.54) is 0 Å². The van der Waals surface area contributed by atoms with Gasteiger partial charge in [-0.05, 0) is 50.0 Å². The fourth-order valence-corrected chi connectivity index (χ4v) is 2.73. The summed E-state index contributed by atoms with van der Waals surface area (Å²) in [5, 5.41) is 15.3. The van der Waals surface area contributed by atoms with Crippen LogP contribution in [0.25, 0.3) is 0 Å². The van der Waals surface area contributed by atoms with Gasteiger partial charge in [-0.3, -0.25) is 0 Å². The molecular weight excluding hydrogens is 266 g/mol. The van der Waals surface area contributed by atoms with Crippen molar-refractivity contribution in [2.24, 2.45) is 0 Å². The number of piperidine rings is 1. The van der Waals surface area contributed by atoms with Crippen LogP contribution in [0.15, 0.2) is 24.3 Å². The topological polar surface area (TPSA) is 64.6 Å². The Bertz CT molecular complexity index is 465. The minimum absolute atomic E-state index is 0.0990. The lowest BCUT2D eigenvalue weighted by atomic mass is 10.1. The number of carbonyl (C=O) groups excluding carboxylic acids is 1. The minimum Gasteiger partial charge on any atom is -0.508 e. The second kappa shape index (κ2) is 7.88. The highest BCUT2D eigenvalue weighted by Gasteiger charge is 2.19. The number of aromatic hydroxyl groups is 1. The highest BCUT2D eigenvalue weighted by molar-refractivity contribution is 5.74. The molecule has 1 saturated heterocycles. The molecular formula is C16H25N3O2. The molecule has 21 heavy (non-hydrogen) atoms. The molecule has 1 aliphatic rings. The summed E-state index contributed by atoms with van der Waals surface area (Å²) in [6, 6.07) is 7.27. The molecule has 0 spiro atoms. The lowest BCUT2D eigenvalue weighted by Gasteiger charge is -2.32. The summed E-state index contributed by atoms with van der Waals surface area (Å²) < 4.78 is 0. The summed E-state index contributed by atoms with van der Waals surface area (Å²) in [6.45, 7) is 5.83. The van der Waals surface area contributed by atoms with Gasteiger partial charge in [-0.15, -0.1) is 0 Å².